The van der Waals surface area contributed by atoms with Crippen molar-refractivity contribution in [2.75, 3.05) is 6.54 Å². The summed E-state index contributed by atoms with van der Waals surface area (Å²) in [5.74, 6) is 0.101. The molecule has 1 unspecified atom stereocenters. The number of nitriles is 1. The van der Waals surface area contributed by atoms with E-state index >= 15 is 0 Å². The van der Waals surface area contributed by atoms with Crippen molar-refractivity contribution in [3.8, 4) is 6.07 Å². The summed E-state index contributed by atoms with van der Waals surface area (Å²) in [6.07, 6.45) is 1.76. The Kier molecular flexibility index (Phi) is 4.84. The number of hydrogen-bond acceptors (Lipinski definition) is 5. The van der Waals surface area contributed by atoms with Crippen LogP contribution in [0, 0.1) is 16.7 Å². The Labute approximate surface area is 106 Å². The van der Waals surface area contributed by atoms with Gasteiger partial charge in [0.15, 0.2) is 0 Å². The van der Waals surface area contributed by atoms with Crippen LogP contribution < -0.4 is 5.32 Å². The Bertz CT molecular complexity index is 449. The third kappa shape index (κ3) is 3.55. The lowest BCUT2D eigenvalue weighted by atomic mass is 9.81. The van der Waals surface area contributed by atoms with Gasteiger partial charge in [-0.3, -0.25) is 4.79 Å². The summed E-state index contributed by atoms with van der Waals surface area (Å²) in [6.45, 7) is 6.34. The quantitative estimate of drug-likeness (QED) is 0.829. The molecule has 98 valence electrons. The van der Waals surface area contributed by atoms with Crippen LogP contribution in [-0.2, 0) is 6.42 Å². The van der Waals surface area contributed by atoms with Crippen molar-refractivity contribution < 1.29 is 9.32 Å². The minimum absolute atomic E-state index is 0.0438. The van der Waals surface area contributed by atoms with Crippen molar-refractivity contribution in [2.24, 2.45) is 5.41 Å². The lowest BCUT2D eigenvalue weighted by Crippen LogP contribution is -2.24. The molecule has 0 aliphatic rings. The first-order chi connectivity index (χ1) is 8.54. The van der Waals surface area contributed by atoms with E-state index in [-0.39, 0.29) is 17.1 Å². The van der Waals surface area contributed by atoms with Crippen molar-refractivity contribution in [2.45, 2.75) is 40.0 Å². The Morgan fingerprint density at radius 3 is 2.83 bits per heavy atom. The van der Waals surface area contributed by atoms with Gasteiger partial charge in [0.2, 0.25) is 5.89 Å². The van der Waals surface area contributed by atoms with Gasteiger partial charge in [-0.2, -0.15) is 10.2 Å². The van der Waals surface area contributed by atoms with E-state index < -0.39 is 0 Å². The summed E-state index contributed by atoms with van der Waals surface area (Å²) in [6, 6.07) is 2.16. The van der Waals surface area contributed by atoms with Crippen LogP contribution in [0.2, 0.25) is 0 Å². The first-order valence-corrected chi connectivity index (χ1v) is 6.02. The van der Waals surface area contributed by atoms with E-state index in [1.165, 1.54) is 0 Å². The molecular weight excluding hydrogens is 232 g/mol. The molecule has 1 atom stereocenters. The number of aromatic nitrogens is 2. The molecule has 0 fully saturated rings. The first kappa shape index (κ1) is 14.2. The lowest BCUT2D eigenvalue weighted by Gasteiger charge is -2.22. The third-order valence-electron chi connectivity index (χ3n) is 2.95. The fourth-order valence-electron chi connectivity index (χ4n) is 1.53. The molecule has 0 saturated carbocycles. The predicted molar refractivity (Wildman–Crippen MR) is 64.6 cm³/mol. The minimum atomic E-state index is -0.342. The fraction of sp³-hybridized carbons (Fsp3) is 0.667. The molecule has 1 heterocycles. The summed E-state index contributed by atoms with van der Waals surface area (Å²) >= 11 is 0. The van der Waals surface area contributed by atoms with Crippen LogP contribution in [0.25, 0.3) is 0 Å². The molecule has 1 rings (SSSR count). The number of amides is 1. The highest BCUT2D eigenvalue weighted by Crippen LogP contribution is 2.29. The van der Waals surface area contributed by atoms with Gasteiger partial charge in [0.05, 0.1) is 6.07 Å². The monoisotopic (exact) mass is 250 g/mol. The van der Waals surface area contributed by atoms with Gasteiger partial charge in [-0.15, -0.1) is 0 Å². The topological polar surface area (TPSA) is 91.8 Å². The molecule has 0 radical (unpaired) electrons. The summed E-state index contributed by atoms with van der Waals surface area (Å²) < 4.78 is 5.04. The molecule has 0 spiro atoms. The molecule has 0 bridgehead atoms. The Morgan fingerprint density at radius 2 is 2.28 bits per heavy atom. The van der Waals surface area contributed by atoms with E-state index in [9.17, 15) is 4.79 Å². The zero-order chi connectivity index (χ0) is 13.6. The van der Waals surface area contributed by atoms with E-state index in [0.717, 1.165) is 6.42 Å². The largest absolute Gasteiger partial charge is 0.349 e. The second-order valence-electron chi connectivity index (χ2n) is 4.55. The standard InChI is InChI=1S/C12H18N4O2/c1-4-12(3,6-7-13)8-9-15-10(16-18-9)11(17)14-5-2/h4-6,8H2,1-3H3,(H,14,17). The van der Waals surface area contributed by atoms with Gasteiger partial charge in [-0.1, -0.05) is 19.0 Å². The molecule has 0 aromatic carbocycles. The van der Waals surface area contributed by atoms with Crippen LogP contribution in [0.3, 0.4) is 0 Å². The number of rotatable bonds is 6. The van der Waals surface area contributed by atoms with Crippen molar-refractivity contribution in [3.63, 3.8) is 0 Å². The molecule has 1 aromatic rings. The molecule has 1 aromatic heterocycles. The highest BCUT2D eigenvalue weighted by Gasteiger charge is 2.26. The molecule has 0 aliphatic carbocycles. The summed E-state index contributed by atoms with van der Waals surface area (Å²) in [5.41, 5.74) is -0.195. The summed E-state index contributed by atoms with van der Waals surface area (Å²) in [4.78, 5) is 15.5. The first-order valence-electron chi connectivity index (χ1n) is 6.02. The summed E-state index contributed by atoms with van der Waals surface area (Å²) in [7, 11) is 0. The smallest absolute Gasteiger partial charge is 0.292 e. The average molecular weight is 250 g/mol. The number of carbonyl (C=O) groups excluding carboxylic acids is 1. The average Bonchev–Trinajstić information content (AvgIpc) is 2.78. The van der Waals surface area contributed by atoms with E-state index in [1.54, 1.807) is 0 Å². The Morgan fingerprint density at radius 1 is 1.56 bits per heavy atom. The fourth-order valence-corrected chi connectivity index (χ4v) is 1.53. The van der Waals surface area contributed by atoms with Gasteiger partial charge in [0, 0.05) is 19.4 Å². The molecule has 0 saturated heterocycles. The van der Waals surface area contributed by atoms with Crippen LogP contribution in [0.1, 0.15) is 50.1 Å². The second kappa shape index (κ2) is 6.15. The third-order valence-corrected chi connectivity index (χ3v) is 2.95. The molecule has 1 N–H and O–H groups in total. The van der Waals surface area contributed by atoms with Crippen LogP contribution in [0.15, 0.2) is 4.52 Å². The highest BCUT2D eigenvalue weighted by molar-refractivity contribution is 5.90. The van der Waals surface area contributed by atoms with Crippen LogP contribution in [0.4, 0.5) is 0 Å². The van der Waals surface area contributed by atoms with E-state index in [1.807, 2.05) is 20.8 Å². The van der Waals surface area contributed by atoms with E-state index in [2.05, 4.69) is 21.5 Å². The minimum Gasteiger partial charge on any atom is -0.349 e. The Balaban J connectivity index is 2.75. The number of carbonyl (C=O) groups is 1. The summed E-state index contributed by atoms with van der Waals surface area (Å²) in [5, 5.41) is 15.0. The van der Waals surface area contributed by atoms with Crippen LogP contribution >= 0.6 is 0 Å². The van der Waals surface area contributed by atoms with E-state index in [0.29, 0.717) is 25.3 Å². The van der Waals surface area contributed by atoms with Crippen molar-refractivity contribution in [1.29, 1.82) is 5.26 Å². The van der Waals surface area contributed by atoms with E-state index in [4.69, 9.17) is 9.78 Å². The van der Waals surface area contributed by atoms with Gasteiger partial charge in [-0.05, 0) is 18.8 Å². The predicted octanol–water partition coefficient (Wildman–Crippen LogP) is 1.69. The number of hydrogen-bond donors (Lipinski definition) is 1. The molecule has 0 aliphatic heterocycles. The maximum absolute atomic E-state index is 11.5. The van der Waals surface area contributed by atoms with Gasteiger partial charge in [-0.25, -0.2) is 0 Å². The number of nitrogens with zero attached hydrogens (tertiary/aromatic N) is 3. The molecular formula is C12H18N4O2. The van der Waals surface area contributed by atoms with Gasteiger partial charge >= 0.3 is 0 Å². The van der Waals surface area contributed by atoms with Gasteiger partial charge < -0.3 is 9.84 Å². The van der Waals surface area contributed by atoms with Crippen LogP contribution in [0.5, 0.6) is 0 Å². The SMILES string of the molecule is CCNC(=O)c1noc(CC(C)(CC)CC#N)n1. The van der Waals surface area contributed by atoms with Crippen LogP contribution in [-0.4, -0.2) is 22.6 Å². The molecule has 6 heteroatoms. The highest BCUT2D eigenvalue weighted by atomic mass is 16.5. The zero-order valence-corrected chi connectivity index (χ0v) is 11.0. The normalized spacial score (nSPS) is 13.7. The van der Waals surface area contributed by atoms with Crippen molar-refractivity contribution >= 4 is 5.91 Å². The maximum Gasteiger partial charge on any atom is 0.292 e. The van der Waals surface area contributed by atoms with Crippen molar-refractivity contribution in [3.05, 3.63) is 11.7 Å². The number of nitrogens with one attached hydrogen (secondary N) is 1. The molecule has 1 amide bonds. The molecule has 6 nitrogen and oxygen atoms in total. The second-order valence-corrected chi connectivity index (χ2v) is 4.55. The Hall–Kier alpha value is -1.90. The van der Waals surface area contributed by atoms with Gasteiger partial charge in [0.1, 0.15) is 0 Å². The lowest BCUT2D eigenvalue weighted by molar-refractivity contribution is 0.0942. The zero-order valence-electron chi connectivity index (χ0n) is 11.0. The maximum atomic E-state index is 11.5. The molecule has 18 heavy (non-hydrogen) atoms. The van der Waals surface area contributed by atoms with Gasteiger partial charge in [0.25, 0.3) is 11.7 Å². The van der Waals surface area contributed by atoms with Crippen molar-refractivity contribution in [1.82, 2.24) is 15.5 Å².